The molecule has 2 rings (SSSR count). The van der Waals surface area contributed by atoms with Crippen molar-refractivity contribution >= 4 is 27.3 Å². The van der Waals surface area contributed by atoms with Gasteiger partial charge in [0, 0.05) is 16.3 Å². The fourth-order valence-corrected chi connectivity index (χ4v) is 2.86. The molecule has 2 aromatic carbocycles. The van der Waals surface area contributed by atoms with E-state index in [0.29, 0.717) is 16.3 Å². The molecule has 120 valence electrons. The Labute approximate surface area is 140 Å². The Morgan fingerprint density at radius 3 is 2.26 bits per heavy atom. The summed E-state index contributed by atoms with van der Waals surface area (Å²) in [5.41, 5.74) is 3.10. The van der Waals surface area contributed by atoms with Crippen LogP contribution in [0.15, 0.2) is 53.4 Å². The van der Waals surface area contributed by atoms with Gasteiger partial charge in [0.1, 0.15) is 0 Å². The first-order valence-corrected chi connectivity index (χ1v) is 8.56. The van der Waals surface area contributed by atoms with Crippen molar-refractivity contribution in [3.8, 4) is 11.8 Å². The zero-order chi connectivity index (χ0) is 16.9. The third kappa shape index (κ3) is 4.98. The van der Waals surface area contributed by atoms with Crippen LogP contribution in [0, 0.1) is 11.8 Å². The highest BCUT2D eigenvalue weighted by Crippen LogP contribution is 2.18. The predicted octanol–water partition coefficient (Wildman–Crippen LogP) is 2.86. The quantitative estimate of drug-likeness (QED) is 0.585. The van der Waals surface area contributed by atoms with Crippen molar-refractivity contribution in [2.75, 3.05) is 4.72 Å². The summed E-state index contributed by atoms with van der Waals surface area (Å²) in [6.07, 6.45) is 0. The number of anilines is 1. The van der Waals surface area contributed by atoms with Crippen LogP contribution in [0.2, 0.25) is 5.02 Å². The van der Waals surface area contributed by atoms with E-state index < -0.39 is 10.0 Å². The van der Waals surface area contributed by atoms with E-state index in [1.165, 1.54) is 12.1 Å². The maximum absolute atomic E-state index is 12.3. The summed E-state index contributed by atoms with van der Waals surface area (Å²) < 4.78 is 27.0. The van der Waals surface area contributed by atoms with Crippen LogP contribution in [0.4, 0.5) is 5.69 Å². The zero-order valence-corrected chi connectivity index (χ0v) is 13.8. The standard InChI is InChI=1S/C16H15ClN2O3S/c1-12(18-20)2-3-13-4-10-16(11-5-13)23(21,22)19-15-8-6-14(17)7-9-15/h4-12,18-20H,1H3. The van der Waals surface area contributed by atoms with E-state index in [4.69, 9.17) is 16.8 Å². The number of rotatable bonds is 4. The third-order valence-corrected chi connectivity index (χ3v) is 4.54. The van der Waals surface area contributed by atoms with Gasteiger partial charge in [-0.1, -0.05) is 23.4 Å². The molecular formula is C16H15ClN2O3S. The van der Waals surface area contributed by atoms with Gasteiger partial charge in [0.15, 0.2) is 0 Å². The summed E-state index contributed by atoms with van der Waals surface area (Å²) in [4.78, 5) is 0.131. The Morgan fingerprint density at radius 1 is 1.09 bits per heavy atom. The Kier molecular flexibility index (Phi) is 5.64. The number of sulfonamides is 1. The van der Waals surface area contributed by atoms with E-state index in [1.54, 1.807) is 43.3 Å². The maximum atomic E-state index is 12.3. The Balaban J connectivity index is 2.16. The molecule has 0 spiro atoms. The molecule has 0 bridgehead atoms. The molecular weight excluding hydrogens is 336 g/mol. The third-order valence-electron chi connectivity index (χ3n) is 2.89. The van der Waals surface area contributed by atoms with Crippen molar-refractivity contribution in [1.82, 2.24) is 5.48 Å². The minimum Gasteiger partial charge on any atom is -0.316 e. The monoisotopic (exact) mass is 350 g/mol. The summed E-state index contributed by atoms with van der Waals surface area (Å²) in [6, 6.07) is 12.2. The van der Waals surface area contributed by atoms with Gasteiger partial charge >= 0.3 is 0 Å². The Hall–Kier alpha value is -2.04. The highest BCUT2D eigenvalue weighted by Gasteiger charge is 2.13. The number of nitrogens with one attached hydrogen (secondary N) is 2. The fraction of sp³-hybridized carbons (Fsp3) is 0.125. The minimum atomic E-state index is -3.67. The smallest absolute Gasteiger partial charge is 0.261 e. The van der Waals surface area contributed by atoms with E-state index in [9.17, 15) is 8.42 Å². The summed E-state index contributed by atoms with van der Waals surface area (Å²) >= 11 is 5.77. The molecule has 23 heavy (non-hydrogen) atoms. The number of halogens is 1. The lowest BCUT2D eigenvalue weighted by Gasteiger charge is -2.08. The van der Waals surface area contributed by atoms with E-state index in [-0.39, 0.29) is 10.9 Å². The molecule has 0 heterocycles. The largest absolute Gasteiger partial charge is 0.316 e. The normalized spacial score (nSPS) is 12.1. The summed E-state index contributed by atoms with van der Waals surface area (Å²) in [5.74, 6) is 5.59. The molecule has 0 aliphatic heterocycles. The average molecular weight is 351 g/mol. The lowest BCUT2D eigenvalue weighted by atomic mass is 10.2. The van der Waals surface area contributed by atoms with Gasteiger partial charge in [-0.3, -0.25) is 4.72 Å². The molecule has 0 radical (unpaired) electrons. The second kappa shape index (κ2) is 7.49. The van der Waals surface area contributed by atoms with Crippen LogP contribution in [0.1, 0.15) is 12.5 Å². The molecule has 0 aromatic heterocycles. The molecule has 2 aromatic rings. The molecule has 1 atom stereocenters. The second-order valence-electron chi connectivity index (χ2n) is 4.76. The van der Waals surface area contributed by atoms with Gasteiger partial charge in [-0.2, -0.15) is 5.48 Å². The molecule has 0 saturated heterocycles. The molecule has 1 unspecified atom stereocenters. The Bertz CT molecular complexity index is 822. The molecule has 5 nitrogen and oxygen atoms in total. The highest BCUT2D eigenvalue weighted by molar-refractivity contribution is 7.92. The first kappa shape index (κ1) is 17.3. The SMILES string of the molecule is CC(C#Cc1ccc(S(=O)(=O)Nc2ccc(Cl)cc2)cc1)NO. The van der Waals surface area contributed by atoms with Gasteiger partial charge in [-0.15, -0.1) is 0 Å². The second-order valence-corrected chi connectivity index (χ2v) is 6.88. The van der Waals surface area contributed by atoms with Crippen molar-refractivity contribution in [3.05, 3.63) is 59.1 Å². The lowest BCUT2D eigenvalue weighted by Crippen LogP contribution is -2.19. The molecule has 0 aliphatic carbocycles. The molecule has 0 aliphatic rings. The Morgan fingerprint density at radius 2 is 1.70 bits per heavy atom. The van der Waals surface area contributed by atoms with Crippen LogP contribution in [-0.2, 0) is 10.0 Å². The van der Waals surface area contributed by atoms with Crippen molar-refractivity contribution in [1.29, 1.82) is 0 Å². The van der Waals surface area contributed by atoms with Crippen LogP contribution < -0.4 is 10.2 Å². The average Bonchev–Trinajstić information content (AvgIpc) is 2.55. The van der Waals surface area contributed by atoms with Crippen molar-refractivity contribution in [2.45, 2.75) is 17.9 Å². The molecule has 7 heteroatoms. The van der Waals surface area contributed by atoms with Crippen molar-refractivity contribution in [2.24, 2.45) is 0 Å². The van der Waals surface area contributed by atoms with Gasteiger partial charge in [-0.25, -0.2) is 8.42 Å². The zero-order valence-electron chi connectivity index (χ0n) is 12.2. The number of hydrogen-bond donors (Lipinski definition) is 3. The predicted molar refractivity (Wildman–Crippen MR) is 90.0 cm³/mol. The van der Waals surface area contributed by atoms with E-state index in [2.05, 4.69) is 16.6 Å². The van der Waals surface area contributed by atoms with Crippen molar-refractivity contribution in [3.63, 3.8) is 0 Å². The minimum absolute atomic E-state index is 0.131. The topological polar surface area (TPSA) is 78.4 Å². The van der Waals surface area contributed by atoms with Gasteiger partial charge in [0.05, 0.1) is 10.9 Å². The lowest BCUT2D eigenvalue weighted by molar-refractivity contribution is 0.152. The van der Waals surface area contributed by atoms with Gasteiger partial charge in [0.2, 0.25) is 0 Å². The van der Waals surface area contributed by atoms with Crippen LogP contribution in [0.5, 0.6) is 0 Å². The van der Waals surface area contributed by atoms with Crippen LogP contribution >= 0.6 is 11.6 Å². The summed E-state index contributed by atoms with van der Waals surface area (Å²) in [6.45, 7) is 1.70. The van der Waals surface area contributed by atoms with E-state index in [1.807, 2.05) is 5.48 Å². The van der Waals surface area contributed by atoms with E-state index >= 15 is 0 Å². The van der Waals surface area contributed by atoms with Crippen molar-refractivity contribution < 1.29 is 13.6 Å². The maximum Gasteiger partial charge on any atom is 0.261 e. The van der Waals surface area contributed by atoms with E-state index in [0.717, 1.165) is 0 Å². The number of benzene rings is 2. The van der Waals surface area contributed by atoms with Gasteiger partial charge in [0.25, 0.3) is 10.0 Å². The summed E-state index contributed by atoms with van der Waals surface area (Å²) in [7, 11) is -3.67. The van der Waals surface area contributed by atoms with Gasteiger partial charge in [-0.05, 0) is 55.5 Å². The van der Waals surface area contributed by atoms with Crippen LogP contribution in [0.25, 0.3) is 0 Å². The molecule has 0 fully saturated rings. The molecule has 0 saturated carbocycles. The molecule has 3 N–H and O–H groups in total. The first-order valence-electron chi connectivity index (χ1n) is 6.70. The van der Waals surface area contributed by atoms with Crippen LogP contribution in [-0.4, -0.2) is 19.7 Å². The highest BCUT2D eigenvalue weighted by atomic mass is 35.5. The summed E-state index contributed by atoms with van der Waals surface area (Å²) in [5, 5.41) is 9.20. The number of hydroxylamine groups is 1. The van der Waals surface area contributed by atoms with Crippen LogP contribution in [0.3, 0.4) is 0 Å². The first-order chi connectivity index (χ1) is 10.9. The number of hydrogen-bond acceptors (Lipinski definition) is 4. The van der Waals surface area contributed by atoms with Gasteiger partial charge < -0.3 is 5.21 Å². The fourth-order valence-electron chi connectivity index (χ4n) is 1.67. The molecule has 0 amide bonds.